The van der Waals surface area contributed by atoms with Crippen LogP contribution in [0.25, 0.3) is 22.9 Å². The van der Waals surface area contributed by atoms with E-state index in [-0.39, 0.29) is 43.0 Å². The van der Waals surface area contributed by atoms with Gasteiger partial charge in [-0.25, -0.2) is 5.10 Å². The first-order chi connectivity index (χ1) is 16.3. The Morgan fingerprint density at radius 3 is 1.74 bits per heavy atom. The summed E-state index contributed by atoms with van der Waals surface area (Å²) in [5.74, 6) is 0.0127. The fourth-order valence-electron chi connectivity index (χ4n) is 2.51. The zero-order chi connectivity index (χ0) is 26.0. The highest BCUT2D eigenvalue weighted by Crippen LogP contribution is 2.38. The summed E-state index contributed by atoms with van der Waals surface area (Å²) in [6.45, 7) is 0. The number of nitrogens with one attached hydrogen (secondary N) is 1. The molecule has 2 aromatic carbocycles. The number of thioether (sulfide) groups is 1. The van der Waals surface area contributed by atoms with Gasteiger partial charge in [0.25, 0.3) is 10.1 Å². The summed E-state index contributed by atoms with van der Waals surface area (Å²) >= 11 is 16.8. The van der Waals surface area contributed by atoms with E-state index in [4.69, 9.17) is 32.0 Å². The quantitative estimate of drug-likeness (QED) is 0.150. The van der Waals surface area contributed by atoms with Crippen molar-refractivity contribution in [2.75, 3.05) is 6.26 Å². The van der Waals surface area contributed by atoms with Gasteiger partial charge in [0.15, 0.2) is 0 Å². The van der Waals surface area contributed by atoms with E-state index in [1.807, 2.05) is 0 Å². The van der Waals surface area contributed by atoms with Gasteiger partial charge in [0, 0.05) is 11.1 Å². The lowest BCUT2D eigenvalue weighted by molar-refractivity contribution is -0.138. The van der Waals surface area contributed by atoms with Crippen molar-refractivity contribution in [2.24, 2.45) is 0 Å². The van der Waals surface area contributed by atoms with Crippen molar-refractivity contribution in [3.05, 3.63) is 62.4 Å². The Hall–Kier alpha value is -2.55. The fraction of sp³-hybridized carbons (Fsp3) is 0.158. The molecule has 0 atom stereocenters. The molecule has 35 heavy (non-hydrogen) atoms. The Morgan fingerprint density at radius 1 is 0.829 bits per heavy atom. The summed E-state index contributed by atoms with van der Waals surface area (Å²) in [5, 5.41) is 12.8. The summed E-state index contributed by atoms with van der Waals surface area (Å²) in [5.41, 5.74) is -1.54. The van der Waals surface area contributed by atoms with Crippen LogP contribution >= 0.6 is 47.2 Å². The standard InChI is InChI=1S/C10H6ClF3N2OS.C9H4ClF3N2OS/c1-18-9-16-15-8(17-9)5-2-3-7(11)6(4-5)10(12,13)14;10-6-2-1-4(3-5(6)9(11,12)13)7-14-15-8(17)16-7/h2-4H,1H3;1-3H,(H,15,17). The Morgan fingerprint density at radius 2 is 1.34 bits per heavy atom. The molecule has 16 heteroatoms. The number of alkyl halides is 6. The predicted molar refractivity (Wildman–Crippen MR) is 119 cm³/mol. The Labute approximate surface area is 211 Å². The molecule has 0 saturated heterocycles. The molecule has 6 nitrogen and oxygen atoms in total. The van der Waals surface area contributed by atoms with Gasteiger partial charge in [-0.2, -0.15) is 26.3 Å². The van der Waals surface area contributed by atoms with Crippen molar-refractivity contribution in [3.8, 4) is 22.9 Å². The van der Waals surface area contributed by atoms with Crippen molar-refractivity contribution in [3.63, 3.8) is 0 Å². The van der Waals surface area contributed by atoms with Crippen LogP contribution < -0.4 is 0 Å². The molecule has 4 aromatic rings. The van der Waals surface area contributed by atoms with E-state index >= 15 is 0 Å². The minimum atomic E-state index is -4.53. The normalized spacial score (nSPS) is 11.8. The van der Waals surface area contributed by atoms with Crippen molar-refractivity contribution in [1.82, 2.24) is 20.4 Å². The van der Waals surface area contributed by atoms with Crippen LogP contribution in [0.15, 0.2) is 50.5 Å². The summed E-state index contributed by atoms with van der Waals surface area (Å²) in [6.07, 6.45) is -7.32. The van der Waals surface area contributed by atoms with Gasteiger partial charge in [0.1, 0.15) is 0 Å². The first-order valence-electron chi connectivity index (χ1n) is 8.97. The molecule has 0 spiro atoms. The van der Waals surface area contributed by atoms with Crippen LogP contribution in [0.4, 0.5) is 26.3 Å². The average molecular weight is 575 g/mol. The molecule has 0 radical (unpaired) electrons. The number of aromatic nitrogens is 4. The third-order valence-electron chi connectivity index (χ3n) is 4.06. The lowest BCUT2D eigenvalue weighted by Gasteiger charge is -2.09. The zero-order valence-corrected chi connectivity index (χ0v) is 20.1. The van der Waals surface area contributed by atoms with Crippen molar-refractivity contribution in [1.29, 1.82) is 0 Å². The molecule has 2 aromatic heterocycles. The van der Waals surface area contributed by atoms with Crippen LogP contribution in [-0.4, -0.2) is 26.7 Å². The zero-order valence-electron chi connectivity index (χ0n) is 17.0. The molecular weight excluding hydrogens is 565 g/mol. The summed E-state index contributed by atoms with van der Waals surface area (Å²) < 4.78 is 85.8. The minimum absolute atomic E-state index is 0.0106. The topological polar surface area (TPSA) is 80.7 Å². The second kappa shape index (κ2) is 10.6. The maximum absolute atomic E-state index is 12.7. The van der Waals surface area contributed by atoms with Gasteiger partial charge < -0.3 is 8.83 Å². The first-order valence-corrected chi connectivity index (χ1v) is 11.4. The molecule has 0 amide bonds. The van der Waals surface area contributed by atoms with Gasteiger partial charge in [-0.15, -0.1) is 15.3 Å². The molecule has 4 rings (SSSR count). The molecule has 1 N–H and O–H groups in total. The molecule has 186 valence electrons. The number of hydrogen-bond donors (Lipinski definition) is 1. The van der Waals surface area contributed by atoms with Crippen molar-refractivity contribution >= 4 is 47.2 Å². The van der Waals surface area contributed by atoms with Gasteiger partial charge in [-0.05, 0) is 54.9 Å². The van der Waals surface area contributed by atoms with Crippen LogP contribution in [0, 0.1) is 4.84 Å². The second-order valence-electron chi connectivity index (χ2n) is 6.38. The lowest BCUT2D eigenvalue weighted by Crippen LogP contribution is -2.05. The summed E-state index contributed by atoms with van der Waals surface area (Å²) in [7, 11) is 0. The van der Waals surface area contributed by atoms with E-state index in [0.29, 0.717) is 0 Å². The number of nitrogens with zero attached hydrogens (tertiary/aromatic N) is 3. The molecule has 0 saturated carbocycles. The smallest absolute Gasteiger partial charge is 0.411 e. The van der Waals surface area contributed by atoms with Crippen LogP contribution in [-0.2, 0) is 12.4 Å². The summed E-state index contributed by atoms with van der Waals surface area (Å²) in [6, 6.07) is 6.80. The van der Waals surface area contributed by atoms with Crippen molar-refractivity contribution < 1.29 is 35.2 Å². The SMILES string of the molecule is CSc1nnc(-c2ccc(Cl)c(C(F)(F)F)c2)o1.FC(F)(F)c1cc(-c2n[nH]c(=S)o2)ccc1Cl. The Balaban J connectivity index is 0.000000196. The highest BCUT2D eigenvalue weighted by atomic mass is 35.5. The number of aromatic amines is 1. The number of halogens is 8. The molecule has 0 bridgehead atoms. The maximum Gasteiger partial charge on any atom is 0.417 e. The molecule has 0 aliphatic rings. The van der Waals surface area contributed by atoms with E-state index < -0.39 is 23.5 Å². The number of H-pyrrole nitrogens is 1. The van der Waals surface area contributed by atoms with Gasteiger partial charge in [0.2, 0.25) is 11.8 Å². The van der Waals surface area contributed by atoms with Gasteiger partial charge in [-0.1, -0.05) is 35.0 Å². The van der Waals surface area contributed by atoms with Crippen molar-refractivity contribution in [2.45, 2.75) is 17.6 Å². The highest BCUT2D eigenvalue weighted by Gasteiger charge is 2.34. The largest absolute Gasteiger partial charge is 0.417 e. The van der Waals surface area contributed by atoms with E-state index in [1.165, 1.54) is 23.9 Å². The van der Waals surface area contributed by atoms with Crippen LogP contribution in [0.2, 0.25) is 10.0 Å². The monoisotopic (exact) mass is 574 g/mol. The molecule has 0 fully saturated rings. The second-order valence-corrected chi connectivity index (χ2v) is 8.32. The third-order valence-corrected chi connectivity index (χ3v) is 5.40. The molecule has 0 aliphatic heterocycles. The number of hydrogen-bond acceptors (Lipinski definition) is 7. The molecule has 0 aliphatic carbocycles. The molecule has 2 heterocycles. The third kappa shape index (κ3) is 6.78. The predicted octanol–water partition coefficient (Wildman–Crippen LogP) is 8.20. The fourth-order valence-corrected chi connectivity index (χ4v) is 3.37. The summed E-state index contributed by atoms with van der Waals surface area (Å²) in [4.78, 5) is -0.0106. The number of rotatable bonds is 3. The highest BCUT2D eigenvalue weighted by molar-refractivity contribution is 7.98. The van der Waals surface area contributed by atoms with E-state index in [1.54, 1.807) is 6.26 Å². The first kappa shape index (κ1) is 27.0. The average Bonchev–Trinajstić information content (AvgIpc) is 3.42. The maximum atomic E-state index is 12.7. The number of benzene rings is 2. The van der Waals surface area contributed by atoms with E-state index in [2.05, 4.69) is 32.6 Å². The van der Waals surface area contributed by atoms with E-state index in [9.17, 15) is 26.3 Å². The molecule has 0 unspecified atom stereocenters. The van der Waals surface area contributed by atoms with E-state index in [0.717, 1.165) is 24.3 Å². The van der Waals surface area contributed by atoms with Crippen LogP contribution in [0.5, 0.6) is 0 Å². The Bertz CT molecular complexity index is 1380. The van der Waals surface area contributed by atoms with Gasteiger partial charge >= 0.3 is 12.4 Å². The van der Waals surface area contributed by atoms with Gasteiger partial charge in [0.05, 0.1) is 21.2 Å². The lowest BCUT2D eigenvalue weighted by atomic mass is 10.1. The Kier molecular flexibility index (Phi) is 8.19. The molecular formula is C19H10Cl2F6N4O2S2. The van der Waals surface area contributed by atoms with Gasteiger partial charge in [-0.3, -0.25) is 0 Å². The van der Waals surface area contributed by atoms with Crippen LogP contribution in [0.1, 0.15) is 11.1 Å². The minimum Gasteiger partial charge on any atom is -0.411 e. The van der Waals surface area contributed by atoms with Crippen LogP contribution in [0.3, 0.4) is 0 Å².